The van der Waals surface area contributed by atoms with Gasteiger partial charge in [0.15, 0.2) is 0 Å². The molecule has 2 amide bonds. The van der Waals surface area contributed by atoms with Crippen LogP contribution in [0.4, 0.5) is 5.69 Å². The predicted octanol–water partition coefficient (Wildman–Crippen LogP) is 4.40. The van der Waals surface area contributed by atoms with Crippen molar-refractivity contribution in [2.45, 2.75) is 32.7 Å². The number of amides is 2. The number of nitrogens with one attached hydrogen (secondary N) is 2. The van der Waals surface area contributed by atoms with Crippen LogP contribution < -0.4 is 10.6 Å². The third-order valence-corrected chi connectivity index (χ3v) is 3.81. The molecule has 2 aromatic carbocycles. The molecule has 0 bridgehead atoms. The van der Waals surface area contributed by atoms with E-state index in [0.717, 1.165) is 18.4 Å². The van der Waals surface area contributed by atoms with E-state index in [1.165, 1.54) is 0 Å². The molecule has 0 aromatic heterocycles. The van der Waals surface area contributed by atoms with Gasteiger partial charge in [0.1, 0.15) is 0 Å². The van der Waals surface area contributed by atoms with Crippen molar-refractivity contribution in [3.63, 3.8) is 0 Å². The summed E-state index contributed by atoms with van der Waals surface area (Å²) in [6.45, 7) is 2.48. The van der Waals surface area contributed by atoms with Gasteiger partial charge in [-0.05, 0) is 48.4 Å². The molecule has 24 heavy (non-hydrogen) atoms. The Morgan fingerprint density at radius 3 is 2.29 bits per heavy atom. The Balaban J connectivity index is 1.86. The SMILES string of the molecule is CCCCC(=O)Nc1ccc(C(=O)NCc2ccc(Cl)cc2)cc1. The summed E-state index contributed by atoms with van der Waals surface area (Å²) in [6.07, 6.45) is 2.37. The summed E-state index contributed by atoms with van der Waals surface area (Å²) in [5.74, 6) is -0.161. The monoisotopic (exact) mass is 344 g/mol. The van der Waals surface area contributed by atoms with Crippen LogP contribution in [0, 0.1) is 0 Å². The van der Waals surface area contributed by atoms with Crippen molar-refractivity contribution in [3.8, 4) is 0 Å². The van der Waals surface area contributed by atoms with Gasteiger partial charge in [-0.15, -0.1) is 0 Å². The third-order valence-electron chi connectivity index (χ3n) is 3.55. The Hall–Kier alpha value is -2.33. The summed E-state index contributed by atoms with van der Waals surface area (Å²) in [5, 5.41) is 6.34. The molecule has 0 radical (unpaired) electrons. The van der Waals surface area contributed by atoms with E-state index in [4.69, 9.17) is 11.6 Å². The first-order chi connectivity index (χ1) is 11.6. The number of hydrogen-bond donors (Lipinski definition) is 2. The maximum atomic E-state index is 12.1. The smallest absolute Gasteiger partial charge is 0.251 e. The lowest BCUT2D eigenvalue weighted by molar-refractivity contribution is -0.116. The topological polar surface area (TPSA) is 58.2 Å². The maximum Gasteiger partial charge on any atom is 0.251 e. The molecule has 0 aliphatic heterocycles. The first kappa shape index (κ1) is 18.0. The fraction of sp³-hybridized carbons (Fsp3) is 0.263. The fourth-order valence-electron chi connectivity index (χ4n) is 2.15. The van der Waals surface area contributed by atoms with Gasteiger partial charge in [0, 0.05) is 29.2 Å². The van der Waals surface area contributed by atoms with Crippen molar-refractivity contribution in [1.29, 1.82) is 0 Å². The molecule has 0 aliphatic rings. The van der Waals surface area contributed by atoms with Gasteiger partial charge in [-0.25, -0.2) is 0 Å². The van der Waals surface area contributed by atoms with Gasteiger partial charge in [-0.3, -0.25) is 9.59 Å². The molecule has 4 nitrogen and oxygen atoms in total. The second kappa shape index (κ2) is 9.08. The second-order valence-electron chi connectivity index (χ2n) is 5.54. The lowest BCUT2D eigenvalue weighted by Gasteiger charge is -2.08. The summed E-state index contributed by atoms with van der Waals surface area (Å²) in [6, 6.07) is 14.2. The predicted molar refractivity (Wildman–Crippen MR) is 97.2 cm³/mol. The number of benzene rings is 2. The first-order valence-electron chi connectivity index (χ1n) is 8.01. The van der Waals surface area contributed by atoms with Crippen molar-refractivity contribution >= 4 is 29.1 Å². The molecule has 0 fully saturated rings. The van der Waals surface area contributed by atoms with Gasteiger partial charge in [0.25, 0.3) is 5.91 Å². The number of carbonyl (C=O) groups is 2. The van der Waals surface area contributed by atoms with Crippen LogP contribution in [0.25, 0.3) is 0 Å². The average Bonchev–Trinajstić information content (AvgIpc) is 2.60. The van der Waals surface area contributed by atoms with Gasteiger partial charge in [0.05, 0.1) is 0 Å². The van der Waals surface area contributed by atoms with E-state index in [2.05, 4.69) is 10.6 Å². The highest BCUT2D eigenvalue weighted by atomic mass is 35.5. The Bertz CT molecular complexity index is 682. The number of carbonyl (C=O) groups excluding carboxylic acids is 2. The number of unbranched alkanes of at least 4 members (excludes halogenated alkanes) is 1. The molecular formula is C19H21ClN2O2. The van der Waals surface area contributed by atoms with Crippen molar-refractivity contribution in [2.75, 3.05) is 5.32 Å². The van der Waals surface area contributed by atoms with Crippen molar-refractivity contribution in [3.05, 3.63) is 64.7 Å². The lowest BCUT2D eigenvalue weighted by Crippen LogP contribution is -2.22. The second-order valence-corrected chi connectivity index (χ2v) is 5.97. The van der Waals surface area contributed by atoms with Crippen LogP contribution in [0.3, 0.4) is 0 Å². The fourth-order valence-corrected chi connectivity index (χ4v) is 2.28. The molecule has 0 spiro atoms. The normalized spacial score (nSPS) is 10.2. The Morgan fingerprint density at radius 1 is 1.00 bits per heavy atom. The van der Waals surface area contributed by atoms with Crippen LogP contribution in [0.15, 0.2) is 48.5 Å². The van der Waals surface area contributed by atoms with Crippen LogP contribution in [0.5, 0.6) is 0 Å². The standard InChI is InChI=1S/C19H21ClN2O2/c1-2-3-4-18(23)22-17-11-7-15(8-12-17)19(24)21-13-14-5-9-16(20)10-6-14/h5-12H,2-4,13H2,1H3,(H,21,24)(H,22,23). The van der Waals surface area contributed by atoms with Gasteiger partial charge in [0.2, 0.25) is 5.91 Å². The van der Waals surface area contributed by atoms with Crippen LogP contribution in [0.1, 0.15) is 42.1 Å². The largest absolute Gasteiger partial charge is 0.348 e. The zero-order valence-electron chi connectivity index (χ0n) is 13.6. The highest BCUT2D eigenvalue weighted by molar-refractivity contribution is 6.30. The summed E-state index contributed by atoms with van der Waals surface area (Å²) < 4.78 is 0. The lowest BCUT2D eigenvalue weighted by atomic mass is 10.1. The molecule has 2 rings (SSSR count). The molecule has 2 aromatic rings. The first-order valence-corrected chi connectivity index (χ1v) is 8.39. The third kappa shape index (κ3) is 5.70. The number of rotatable bonds is 7. The highest BCUT2D eigenvalue weighted by Crippen LogP contribution is 2.12. The maximum absolute atomic E-state index is 12.1. The minimum Gasteiger partial charge on any atom is -0.348 e. The van der Waals surface area contributed by atoms with E-state index in [1.54, 1.807) is 36.4 Å². The molecule has 0 saturated heterocycles. The van der Waals surface area contributed by atoms with Crippen LogP contribution >= 0.6 is 11.6 Å². The number of halogens is 1. The number of hydrogen-bond acceptors (Lipinski definition) is 2. The van der Waals surface area contributed by atoms with Crippen LogP contribution in [-0.4, -0.2) is 11.8 Å². The minimum atomic E-state index is -0.159. The van der Waals surface area contributed by atoms with Crippen molar-refractivity contribution < 1.29 is 9.59 Å². The van der Waals surface area contributed by atoms with E-state index in [1.807, 2.05) is 19.1 Å². The summed E-state index contributed by atoms with van der Waals surface area (Å²) in [5.41, 5.74) is 2.23. The van der Waals surface area contributed by atoms with E-state index >= 15 is 0 Å². The van der Waals surface area contributed by atoms with Gasteiger partial charge < -0.3 is 10.6 Å². The van der Waals surface area contributed by atoms with E-state index < -0.39 is 0 Å². The van der Waals surface area contributed by atoms with Gasteiger partial charge >= 0.3 is 0 Å². The van der Waals surface area contributed by atoms with E-state index in [9.17, 15) is 9.59 Å². The summed E-state index contributed by atoms with van der Waals surface area (Å²) in [4.78, 5) is 23.8. The Kier molecular flexibility index (Phi) is 6.82. The molecule has 2 N–H and O–H groups in total. The summed E-state index contributed by atoms with van der Waals surface area (Å²) in [7, 11) is 0. The van der Waals surface area contributed by atoms with Crippen LogP contribution in [0.2, 0.25) is 5.02 Å². The molecule has 5 heteroatoms. The molecule has 0 unspecified atom stereocenters. The van der Waals surface area contributed by atoms with Gasteiger partial charge in [-0.1, -0.05) is 37.1 Å². The minimum absolute atomic E-state index is 0.00297. The number of anilines is 1. The molecule has 0 heterocycles. The molecule has 0 atom stereocenters. The van der Waals surface area contributed by atoms with Crippen molar-refractivity contribution in [2.24, 2.45) is 0 Å². The molecule has 126 valence electrons. The Labute approximate surface area is 147 Å². The van der Waals surface area contributed by atoms with E-state index in [-0.39, 0.29) is 11.8 Å². The van der Waals surface area contributed by atoms with Crippen LogP contribution in [-0.2, 0) is 11.3 Å². The Morgan fingerprint density at radius 2 is 1.67 bits per heavy atom. The van der Waals surface area contributed by atoms with E-state index in [0.29, 0.717) is 29.2 Å². The quantitative estimate of drug-likeness (QED) is 0.782. The molecule has 0 aliphatic carbocycles. The molecule has 0 saturated carbocycles. The zero-order valence-corrected chi connectivity index (χ0v) is 14.4. The highest BCUT2D eigenvalue weighted by Gasteiger charge is 2.06. The van der Waals surface area contributed by atoms with Gasteiger partial charge in [-0.2, -0.15) is 0 Å². The average molecular weight is 345 g/mol. The molecular weight excluding hydrogens is 324 g/mol. The zero-order chi connectivity index (χ0) is 17.4. The summed E-state index contributed by atoms with van der Waals surface area (Å²) >= 11 is 5.83. The van der Waals surface area contributed by atoms with Crippen molar-refractivity contribution in [1.82, 2.24) is 5.32 Å².